The Morgan fingerprint density at radius 2 is 1.36 bits per heavy atom. The van der Waals surface area contributed by atoms with Gasteiger partial charge in [-0.3, -0.25) is 8.22 Å². The van der Waals surface area contributed by atoms with Gasteiger partial charge in [0.2, 0.25) is 0 Å². The topological polar surface area (TPSA) is 0 Å². The second-order valence-electron chi connectivity index (χ2n) is 2.40. The van der Waals surface area contributed by atoms with Crippen molar-refractivity contribution in [3.8, 4) is 0 Å². The summed E-state index contributed by atoms with van der Waals surface area (Å²) in [6.45, 7) is 3.53. The average Bonchev–Trinajstić information content (AvgIpc) is 1.97. The van der Waals surface area contributed by atoms with Crippen molar-refractivity contribution in [1.29, 1.82) is 0 Å². The summed E-state index contributed by atoms with van der Waals surface area (Å²) < 4.78 is 25.7. The Balaban J connectivity index is 3.78. The summed E-state index contributed by atoms with van der Waals surface area (Å²) in [6.07, 6.45) is 6.46. The van der Waals surface area contributed by atoms with E-state index >= 15 is 0 Å². The Morgan fingerprint density at radius 3 is 1.64 bits per heavy atom. The fourth-order valence-corrected chi connectivity index (χ4v) is 1.99. The van der Waals surface area contributed by atoms with Gasteiger partial charge in [0.25, 0.3) is 0 Å². The van der Waals surface area contributed by atoms with Gasteiger partial charge in [0, 0.05) is 12.1 Å². The Bertz CT molecular complexity index is 134. The van der Waals surface area contributed by atoms with E-state index in [4.69, 9.17) is 0 Å². The molecule has 0 aromatic carbocycles. The number of rotatable bonds is 4. The van der Waals surface area contributed by atoms with Crippen LogP contribution in [0.4, 0.5) is 8.22 Å². The van der Waals surface area contributed by atoms with Gasteiger partial charge in [0.05, 0.1) is 0 Å². The van der Waals surface area contributed by atoms with Crippen LogP contribution in [0.1, 0.15) is 13.8 Å². The lowest BCUT2D eigenvalue weighted by atomic mass is 10.6. The molecule has 0 bridgehead atoms. The molecule has 0 unspecified atom stereocenters. The number of hydrogen-bond donors (Lipinski definition) is 0. The van der Waals surface area contributed by atoms with Gasteiger partial charge in [0.1, 0.15) is 0 Å². The monoisotopic (exact) mass is 176 g/mol. The zero-order valence-corrected chi connectivity index (χ0v) is 7.98. The molecule has 0 rings (SSSR count). The molecule has 0 saturated heterocycles. The van der Waals surface area contributed by atoms with E-state index in [1.54, 1.807) is 38.2 Å². The van der Waals surface area contributed by atoms with Gasteiger partial charge in [-0.05, 0) is 13.8 Å². The van der Waals surface area contributed by atoms with Gasteiger partial charge in [-0.25, -0.2) is 0 Å². The fraction of sp³-hybridized carbons (Fsp3) is 0.500. The zero-order valence-electron chi connectivity index (χ0n) is 6.98. The van der Waals surface area contributed by atoms with Gasteiger partial charge in [-0.15, -0.1) is 0 Å². The van der Waals surface area contributed by atoms with Gasteiger partial charge >= 0.3 is 8.74 Å². The van der Waals surface area contributed by atoms with Crippen molar-refractivity contribution >= 4 is 8.74 Å². The highest BCUT2D eigenvalue weighted by atomic mass is 28.4. The van der Waals surface area contributed by atoms with Crippen molar-refractivity contribution in [1.82, 2.24) is 0 Å². The van der Waals surface area contributed by atoms with E-state index < -0.39 is 8.74 Å². The van der Waals surface area contributed by atoms with Crippen molar-refractivity contribution in [2.24, 2.45) is 0 Å². The maximum Gasteiger partial charge on any atom is 0.432 e. The first-order valence-electron chi connectivity index (χ1n) is 3.72. The first-order valence-corrected chi connectivity index (χ1v) is 5.89. The third-order valence-corrected chi connectivity index (χ3v) is 2.97. The molecule has 11 heavy (non-hydrogen) atoms. The van der Waals surface area contributed by atoms with E-state index in [0.717, 1.165) is 0 Å². The molecule has 0 heterocycles. The molecule has 0 spiro atoms. The minimum Gasteiger partial charge on any atom is -0.270 e. The molecule has 0 aliphatic carbocycles. The molecule has 0 aromatic rings. The molecule has 0 N–H and O–H groups in total. The van der Waals surface area contributed by atoms with Crippen LogP contribution >= 0.6 is 0 Å². The SMILES string of the molecule is CC=CC[Si](F)(F)CC=CC. The molecule has 0 nitrogen and oxygen atoms in total. The van der Waals surface area contributed by atoms with Crippen molar-refractivity contribution in [2.75, 3.05) is 0 Å². The largest absolute Gasteiger partial charge is 0.432 e. The number of halogens is 2. The predicted molar refractivity (Wildman–Crippen MR) is 47.2 cm³/mol. The Kier molecular flexibility index (Phi) is 5.03. The number of allylic oxidation sites excluding steroid dienone is 4. The summed E-state index contributed by atoms with van der Waals surface area (Å²) in [6, 6.07) is -0.0400. The summed E-state index contributed by atoms with van der Waals surface area (Å²) >= 11 is 0. The van der Waals surface area contributed by atoms with Crippen LogP contribution in [0.25, 0.3) is 0 Å². The highest BCUT2D eigenvalue weighted by Gasteiger charge is 2.31. The van der Waals surface area contributed by atoms with E-state index in [1.807, 2.05) is 0 Å². The second kappa shape index (κ2) is 5.24. The smallest absolute Gasteiger partial charge is 0.270 e. The molecular formula is C8H14F2Si. The lowest BCUT2D eigenvalue weighted by Crippen LogP contribution is -2.19. The molecule has 3 heteroatoms. The summed E-state index contributed by atoms with van der Waals surface area (Å²) in [5, 5.41) is 0. The Labute approximate surface area is 68.0 Å². The van der Waals surface area contributed by atoms with Gasteiger partial charge in [-0.1, -0.05) is 24.3 Å². The second-order valence-corrected chi connectivity index (χ2v) is 4.93. The average molecular weight is 176 g/mol. The molecule has 0 aliphatic rings. The third-order valence-electron chi connectivity index (χ3n) is 1.30. The molecule has 0 atom stereocenters. The molecule has 64 valence electrons. The van der Waals surface area contributed by atoms with E-state index in [-0.39, 0.29) is 12.1 Å². The minimum absolute atomic E-state index is 0.0200. The summed E-state index contributed by atoms with van der Waals surface area (Å²) in [5.74, 6) is 0. The lowest BCUT2D eigenvalue weighted by Gasteiger charge is -2.06. The molecule has 0 amide bonds. The van der Waals surface area contributed by atoms with Crippen molar-refractivity contribution in [3.63, 3.8) is 0 Å². The first kappa shape index (κ1) is 10.6. The lowest BCUT2D eigenvalue weighted by molar-refractivity contribution is 0.607. The van der Waals surface area contributed by atoms with Crippen LogP contribution in [0, 0.1) is 0 Å². The van der Waals surface area contributed by atoms with Crippen LogP contribution in [0.3, 0.4) is 0 Å². The summed E-state index contributed by atoms with van der Waals surface area (Å²) in [5.41, 5.74) is 0. The molecule has 0 saturated carbocycles. The molecule has 0 aliphatic heterocycles. The van der Waals surface area contributed by atoms with Crippen LogP contribution < -0.4 is 0 Å². The summed E-state index contributed by atoms with van der Waals surface area (Å²) in [7, 11) is -3.92. The van der Waals surface area contributed by atoms with E-state index in [0.29, 0.717) is 0 Å². The number of hydrogen-bond acceptors (Lipinski definition) is 0. The van der Waals surface area contributed by atoms with E-state index in [2.05, 4.69) is 0 Å². The maximum absolute atomic E-state index is 12.8. The highest BCUT2D eigenvalue weighted by Crippen LogP contribution is 2.19. The zero-order chi connectivity index (χ0) is 8.74. The van der Waals surface area contributed by atoms with E-state index in [1.165, 1.54) is 0 Å². The Morgan fingerprint density at radius 1 is 1.00 bits per heavy atom. The maximum atomic E-state index is 12.8. The quantitative estimate of drug-likeness (QED) is 0.349. The Hall–Kier alpha value is -0.443. The van der Waals surface area contributed by atoms with Crippen LogP contribution in [-0.4, -0.2) is 8.74 Å². The van der Waals surface area contributed by atoms with Crippen LogP contribution in [-0.2, 0) is 0 Å². The highest BCUT2D eigenvalue weighted by molar-refractivity contribution is 6.67. The van der Waals surface area contributed by atoms with Gasteiger partial charge in [-0.2, -0.15) is 0 Å². The van der Waals surface area contributed by atoms with Crippen molar-refractivity contribution in [2.45, 2.75) is 25.9 Å². The van der Waals surface area contributed by atoms with Gasteiger partial charge in [0.15, 0.2) is 0 Å². The standard InChI is InChI=1S/C8H14F2Si/c1-3-5-7-11(9,10)8-6-4-2/h3-6H,7-8H2,1-2H3. The third kappa shape index (κ3) is 5.98. The first-order chi connectivity index (χ1) is 5.12. The van der Waals surface area contributed by atoms with Crippen LogP contribution in [0.2, 0.25) is 12.1 Å². The molecular weight excluding hydrogens is 162 g/mol. The van der Waals surface area contributed by atoms with Crippen LogP contribution in [0.15, 0.2) is 24.3 Å². The summed E-state index contributed by atoms with van der Waals surface area (Å²) in [4.78, 5) is 0. The minimum atomic E-state index is -3.92. The predicted octanol–water partition coefficient (Wildman–Crippen LogP) is 3.52. The van der Waals surface area contributed by atoms with Crippen LogP contribution in [0.5, 0.6) is 0 Å². The molecule has 0 radical (unpaired) electrons. The molecule has 0 aromatic heterocycles. The van der Waals surface area contributed by atoms with Gasteiger partial charge < -0.3 is 0 Å². The normalized spacial score (nSPS) is 13.5. The molecule has 0 fully saturated rings. The van der Waals surface area contributed by atoms with Crippen molar-refractivity contribution in [3.05, 3.63) is 24.3 Å². The van der Waals surface area contributed by atoms with E-state index in [9.17, 15) is 8.22 Å². The van der Waals surface area contributed by atoms with Crippen molar-refractivity contribution < 1.29 is 8.22 Å². The fourth-order valence-electron chi connectivity index (χ4n) is 0.664.